The molecule has 98 valence electrons. The summed E-state index contributed by atoms with van der Waals surface area (Å²) in [7, 11) is 0. The number of nitrogens with zero attached hydrogens (tertiary/aromatic N) is 1. The van der Waals surface area contributed by atoms with Gasteiger partial charge in [-0.3, -0.25) is 4.79 Å². The van der Waals surface area contributed by atoms with Crippen molar-refractivity contribution in [3.8, 4) is 6.07 Å². The highest BCUT2D eigenvalue weighted by atomic mass is 16.5. The Bertz CT molecular complexity index is 251. The first kappa shape index (κ1) is 15.9. The molecule has 0 aliphatic rings. The van der Waals surface area contributed by atoms with Crippen molar-refractivity contribution in [2.45, 2.75) is 45.8 Å². The molecule has 0 spiro atoms. The first-order valence-corrected chi connectivity index (χ1v) is 6.05. The van der Waals surface area contributed by atoms with E-state index in [1.807, 2.05) is 13.8 Å². The molecule has 2 atom stereocenters. The van der Waals surface area contributed by atoms with Gasteiger partial charge in [-0.1, -0.05) is 13.3 Å². The van der Waals surface area contributed by atoms with Crippen LogP contribution in [0.1, 0.15) is 33.6 Å². The van der Waals surface area contributed by atoms with Crippen LogP contribution in [0.4, 0.5) is 0 Å². The predicted octanol–water partition coefficient (Wildman–Crippen LogP) is 1.24. The Labute approximate surface area is 103 Å². The molecule has 1 N–H and O–H groups in total. The monoisotopic (exact) mass is 242 g/mol. The highest BCUT2D eigenvalue weighted by Crippen LogP contribution is 1.98. The molecule has 0 radical (unpaired) electrons. The molecule has 5 nitrogen and oxygen atoms in total. The maximum absolute atomic E-state index is 11.6. The summed E-state index contributed by atoms with van der Waals surface area (Å²) in [5.41, 5.74) is 0. The van der Waals surface area contributed by atoms with E-state index in [1.165, 1.54) is 0 Å². The molecule has 0 fully saturated rings. The van der Waals surface area contributed by atoms with E-state index in [9.17, 15) is 4.79 Å². The average molecular weight is 242 g/mol. The summed E-state index contributed by atoms with van der Waals surface area (Å²) >= 11 is 0. The van der Waals surface area contributed by atoms with Gasteiger partial charge in [0.05, 0.1) is 19.3 Å². The Kier molecular flexibility index (Phi) is 9.40. The number of nitriles is 1. The summed E-state index contributed by atoms with van der Waals surface area (Å²) in [4.78, 5) is 11.6. The molecule has 1 amide bonds. The minimum atomic E-state index is -0.553. The van der Waals surface area contributed by atoms with Crippen molar-refractivity contribution >= 4 is 5.91 Å². The Morgan fingerprint density at radius 3 is 2.65 bits per heavy atom. The van der Waals surface area contributed by atoms with Crippen molar-refractivity contribution in [1.29, 1.82) is 5.26 Å². The van der Waals surface area contributed by atoms with Gasteiger partial charge in [0.2, 0.25) is 5.91 Å². The molecule has 2 unspecified atom stereocenters. The van der Waals surface area contributed by atoms with Crippen molar-refractivity contribution in [3.63, 3.8) is 0 Å². The molecule has 17 heavy (non-hydrogen) atoms. The van der Waals surface area contributed by atoms with E-state index in [-0.39, 0.29) is 5.91 Å². The van der Waals surface area contributed by atoms with Crippen molar-refractivity contribution in [2.75, 3.05) is 19.8 Å². The number of rotatable bonds is 9. The van der Waals surface area contributed by atoms with Crippen LogP contribution in [0, 0.1) is 11.3 Å². The quantitative estimate of drug-likeness (QED) is 0.617. The second-order valence-corrected chi connectivity index (χ2v) is 3.69. The Morgan fingerprint density at radius 2 is 2.12 bits per heavy atom. The Hall–Kier alpha value is -1.12. The van der Waals surface area contributed by atoms with Crippen LogP contribution in [-0.4, -0.2) is 37.9 Å². The molecule has 0 aliphatic heterocycles. The summed E-state index contributed by atoms with van der Waals surface area (Å²) in [6.45, 7) is 7.04. The molecule has 0 aromatic heterocycles. The lowest BCUT2D eigenvalue weighted by atomic mass is 10.2. The van der Waals surface area contributed by atoms with E-state index in [0.717, 1.165) is 6.42 Å². The van der Waals surface area contributed by atoms with Gasteiger partial charge in [-0.05, 0) is 20.3 Å². The van der Waals surface area contributed by atoms with Gasteiger partial charge in [0.15, 0.2) is 0 Å². The van der Waals surface area contributed by atoms with Crippen LogP contribution >= 0.6 is 0 Å². The summed E-state index contributed by atoms with van der Waals surface area (Å²) in [5, 5.41) is 11.5. The van der Waals surface area contributed by atoms with Crippen LogP contribution in [0.3, 0.4) is 0 Å². The van der Waals surface area contributed by atoms with E-state index in [0.29, 0.717) is 26.2 Å². The minimum Gasteiger partial charge on any atom is -0.379 e. The second-order valence-electron chi connectivity index (χ2n) is 3.69. The molecule has 0 saturated carbocycles. The number of hydrogen-bond donors (Lipinski definition) is 1. The Morgan fingerprint density at radius 1 is 1.41 bits per heavy atom. The first-order chi connectivity index (χ1) is 8.15. The molecule has 0 saturated heterocycles. The highest BCUT2D eigenvalue weighted by Gasteiger charge is 2.17. The average Bonchev–Trinajstić information content (AvgIpc) is 2.33. The smallest absolute Gasteiger partial charge is 0.249 e. The van der Waals surface area contributed by atoms with Gasteiger partial charge in [0.25, 0.3) is 0 Å². The number of nitrogens with one attached hydrogen (secondary N) is 1. The van der Waals surface area contributed by atoms with Crippen molar-refractivity contribution in [2.24, 2.45) is 0 Å². The van der Waals surface area contributed by atoms with Gasteiger partial charge in [-0.2, -0.15) is 5.26 Å². The third-order valence-corrected chi connectivity index (χ3v) is 2.22. The lowest BCUT2D eigenvalue weighted by Gasteiger charge is -2.16. The van der Waals surface area contributed by atoms with Crippen molar-refractivity contribution in [3.05, 3.63) is 0 Å². The lowest BCUT2D eigenvalue weighted by molar-refractivity contribution is -0.133. The molecule has 0 aromatic carbocycles. The number of ether oxygens (including phenoxy) is 2. The van der Waals surface area contributed by atoms with Gasteiger partial charge in [0.1, 0.15) is 12.1 Å². The second kappa shape index (κ2) is 10.1. The number of carbonyl (C=O) groups excluding carboxylic acids is 1. The third kappa shape index (κ3) is 7.72. The topological polar surface area (TPSA) is 71.4 Å². The molecule has 5 heteroatoms. The van der Waals surface area contributed by atoms with E-state index in [2.05, 4.69) is 11.4 Å². The van der Waals surface area contributed by atoms with E-state index in [1.54, 1.807) is 6.92 Å². The molecule has 0 rings (SSSR count). The SMILES string of the molecule is CCCC(C#N)NC(=O)C(C)OCCOCC. The van der Waals surface area contributed by atoms with E-state index in [4.69, 9.17) is 14.7 Å². The zero-order valence-corrected chi connectivity index (χ0v) is 10.9. The van der Waals surface area contributed by atoms with Gasteiger partial charge in [0, 0.05) is 6.61 Å². The summed E-state index contributed by atoms with van der Waals surface area (Å²) < 4.78 is 10.4. The predicted molar refractivity (Wildman–Crippen MR) is 64.4 cm³/mol. The van der Waals surface area contributed by atoms with Crippen LogP contribution in [0.25, 0.3) is 0 Å². The van der Waals surface area contributed by atoms with Crippen LogP contribution in [0.5, 0.6) is 0 Å². The normalized spacial score (nSPS) is 13.8. The van der Waals surface area contributed by atoms with Gasteiger partial charge < -0.3 is 14.8 Å². The summed E-state index contributed by atoms with van der Waals surface area (Å²) in [6, 6.07) is 1.63. The minimum absolute atomic E-state index is 0.249. The summed E-state index contributed by atoms with van der Waals surface area (Å²) in [5.74, 6) is -0.249. The van der Waals surface area contributed by atoms with E-state index >= 15 is 0 Å². The fraction of sp³-hybridized carbons (Fsp3) is 0.833. The van der Waals surface area contributed by atoms with Crippen molar-refractivity contribution < 1.29 is 14.3 Å². The molecule has 0 bridgehead atoms. The van der Waals surface area contributed by atoms with Crippen LogP contribution in [0.2, 0.25) is 0 Å². The lowest BCUT2D eigenvalue weighted by Crippen LogP contribution is -2.41. The first-order valence-electron chi connectivity index (χ1n) is 6.05. The van der Waals surface area contributed by atoms with Gasteiger partial charge in [-0.25, -0.2) is 0 Å². The largest absolute Gasteiger partial charge is 0.379 e. The van der Waals surface area contributed by atoms with Crippen LogP contribution in [-0.2, 0) is 14.3 Å². The molecule has 0 aliphatic carbocycles. The number of carbonyl (C=O) groups is 1. The van der Waals surface area contributed by atoms with Gasteiger partial charge in [-0.15, -0.1) is 0 Å². The zero-order chi connectivity index (χ0) is 13.1. The van der Waals surface area contributed by atoms with Gasteiger partial charge >= 0.3 is 0 Å². The van der Waals surface area contributed by atoms with Crippen molar-refractivity contribution in [1.82, 2.24) is 5.32 Å². The Balaban J connectivity index is 3.84. The zero-order valence-electron chi connectivity index (χ0n) is 10.9. The molecular formula is C12H22N2O3. The maximum atomic E-state index is 11.6. The molecular weight excluding hydrogens is 220 g/mol. The van der Waals surface area contributed by atoms with Crippen LogP contribution < -0.4 is 5.32 Å². The highest BCUT2D eigenvalue weighted by molar-refractivity contribution is 5.80. The fourth-order valence-corrected chi connectivity index (χ4v) is 1.25. The number of amides is 1. The molecule has 0 aromatic rings. The maximum Gasteiger partial charge on any atom is 0.249 e. The van der Waals surface area contributed by atoms with Crippen LogP contribution in [0.15, 0.2) is 0 Å². The molecule has 0 heterocycles. The number of hydrogen-bond acceptors (Lipinski definition) is 4. The summed E-state index contributed by atoms with van der Waals surface area (Å²) in [6.07, 6.45) is 0.967. The fourth-order valence-electron chi connectivity index (χ4n) is 1.25. The standard InChI is InChI=1S/C12H22N2O3/c1-4-6-11(9-13)14-12(15)10(3)17-8-7-16-5-2/h10-11H,4-8H2,1-3H3,(H,14,15). The third-order valence-electron chi connectivity index (χ3n) is 2.22. The van der Waals surface area contributed by atoms with E-state index < -0.39 is 12.1 Å².